The number of ketones is 1. The van der Waals surface area contributed by atoms with Crippen molar-refractivity contribution in [2.75, 3.05) is 10.2 Å². The third kappa shape index (κ3) is 3.68. The van der Waals surface area contributed by atoms with Crippen molar-refractivity contribution >= 4 is 50.3 Å². The molecule has 0 saturated carbocycles. The van der Waals surface area contributed by atoms with Gasteiger partial charge in [0.25, 0.3) is 0 Å². The maximum atomic E-state index is 13.5. The van der Waals surface area contributed by atoms with Crippen molar-refractivity contribution in [2.24, 2.45) is 17.3 Å². The Balaban J connectivity index is 2.00. The van der Waals surface area contributed by atoms with Gasteiger partial charge in [-0.15, -0.1) is 11.3 Å². The fourth-order valence-electron chi connectivity index (χ4n) is 4.31. The Hall–Kier alpha value is -1.92. The Bertz CT molecular complexity index is 1010. The van der Waals surface area contributed by atoms with Crippen LogP contribution in [0.1, 0.15) is 45.0 Å². The van der Waals surface area contributed by atoms with Gasteiger partial charge in [0.2, 0.25) is 5.91 Å². The van der Waals surface area contributed by atoms with Gasteiger partial charge in [-0.25, -0.2) is 0 Å². The van der Waals surface area contributed by atoms with Gasteiger partial charge >= 0.3 is 0 Å². The maximum Gasteiger partial charge on any atom is 0.230 e. The largest absolute Gasteiger partial charge is 0.357 e. The molecule has 2 atom stereocenters. The highest BCUT2D eigenvalue weighted by atomic mass is 79.9. The first kappa shape index (κ1) is 20.4. The number of fused-ring (bicyclic) bond motifs is 2. The van der Waals surface area contributed by atoms with Crippen molar-refractivity contribution in [1.29, 1.82) is 0 Å². The Morgan fingerprint density at radius 3 is 2.62 bits per heavy atom. The molecule has 0 fully saturated rings. The Kier molecular flexibility index (Phi) is 5.20. The van der Waals surface area contributed by atoms with Crippen molar-refractivity contribution in [3.8, 4) is 0 Å². The number of hydrogen-bond donors (Lipinski definition) is 1. The van der Waals surface area contributed by atoms with Gasteiger partial charge in [-0.2, -0.15) is 0 Å². The first-order valence-corrected chi connectivity index (χ1v) is 11.5. The molecule has 0 bridgehead atoms. The highest BCUT2D eigenvalue weighted by Crippen LogP contribution is 2.50. The fourth-order valence-corrected chi connectivity index (χ4v) is 5.86. The lowest BCUT2D eigenvalue weighted by Gasteiger charge is -2.39. The van der Waals surface area contributed by atoms with Crippen LogP contribution < -0.4 is 10.2 Å². The van der Waals surface area contributed by atoms with E-state index in [-0.39, 0.29) is 29.1 Å². The number of halogens is 1. The molecular weight excluding hydrogens is 448 g/mol. The summed E-state index contributed by atoms with van der Waals surface area (Å²) >= 11 is 5.14. The minimum atomic E-state index is -0.413. The van der Waals surface area contributed by atoms with E-state index < -0.39 is 5.92 Å². The number of Topliss-reactive ketones (excluding diaryl/α,β-unsaturated/α-hetero) is 1. The van der Waals surface area contributed by atoms with Gasteiger partial charge in [-0.3, -0.25) is 9.59 Å². The van der Waals surface area contributed by atoms with Gasteiger partial charge in [0.05, 0.1) is 27.1 Å². The molecule has 1 aliphatic carbocycles. The van der Waals surface area contributed by atoms with E-state index in [2.05, 4.69) is 41.2 Å². The molecule has 1 aromatic carbocycles. The van der Waals surface area contributed by atoms with Crippen molar-refractivity contribution in [2.45, 2.75) is 40.2 Å². The van der Waals surface area contributed by atoms with E-state index in [0.29, 0.717) is 6.42 Å². The van der Waals surface area contributed by atoms with Crippen LogP contribution in [0.5, 0.6) is 0 Å². The minimum absolute atomic E-state index is 0.0210. The topological polar surface area (TPSA) is 49.4 Å². The molecule has 2 heterocycles. The summed E-state index contributed by atoms with van der Waals surface area (Å²) in [6.07, 6.45) is 2.64. The number of rotatable bonds is 2. The lowest BCUT2D eigenvalue weighted by atomic mass is 9.73. The number of thiophene rings is 1. The summed E-state index contributed by atoms with van der Waals surface area (Å²) in [7, 11) is 0. The number of benzene rings is 1. The average molecular weight is 473 g/mol. The summed E-state index contributed by atoms with van der Waals surface area (Å²) in [5.41, 5.74) is 2.36. The van der Waals surface area contributed by atoms with Crippen LogP contribution in [0.4, 0.5) is 11.4 Å². The van der Waals surface area contributed by atoms with E-state index in [1.165, 1.54) is 0 Å². The standard InChI is InChI=1S/C23H25BrN2O2S/c1-13(2)22(28)26-16-8-6-5-7-14(16)25-15-11-23(3,4)12-17(27)20(15)21(26)18-9-10-19(24)29-18/h5-11,13,20-21,25H,12H2,1-4H3. The summed E-state index contributed by atoms with van der Waals surface area (Å²) < 4.78 is 0.990. The van der Waals surface area contributed by atoms with Gasteiger partial charge in [0.1, 0.15) is 5.78 Å². The van der Waals surface area contributed by atoms with Crippen LogP contribution in [0.25, 0.3) is 0 Å². The van der Waals surface area contributed by atoms with Crippen LogP contribution in [-0.4, -0.2) is 11.7 Å². The van der Waals surface area contributed by atoms with Gasteiger partial charge in [0, 0.05) is 22.9 Å². The third-order valence-electron chi connectivity index (χ3n) is 5.51. The summed E-state index contributed by atoms with van der Waals surface area (Å²) in [6, 6.07) is 11.5. The van der Waals surface area contributed by atoms with E-state index in [1.807, 2.05) is 55.1 Å². The fraction of sp³-hybridized carbons (Fsp3) is 0.391. The van der Waals surface area contributed by atoms with Crippen molar-refractivity contribution in [3.63, 3.8) is 0 Å². The SMILES string of the molecule is CC(C)C(=O)N1c2ccccc2NC2=CC(C)(C)CC(=O)C2C1c1ccc(Br)s1. The molecule has 1 aliphatic heterocycles. The lowest BCUT2D eigenvalue weighted by Crippen LogP contribution is -2.44. The second-order valence-corrected chi connectivity index (χ2v) is 11.3. The molecular formula is C23H25BrN2O2S. The predicted molar refractivity (Wildman–Crippen MR) is 122 cm³/mol. The molecule has 1 amide bonds. The first-order valence-electron chi connectivity index (χ1n) is 9.88. The molecule has 0 saturated heterocycles. The number of carbonyl (C=O) groups is 2. The zero-order valence-electron chi connectivity index (χ0n) is 17.0. The molecule has 152 valence electrons. The Morgan fingerprint density at radius 2 is 1.97 bits per heavy atom. The lowest BCUT2D eigenvalue weighted by molar-refractivity contribution is -0.125. The van der Waals surface area contributed by atoms with Crippen LogP contribution >= 0.6 is 27.3 Å². The number of para-hydroxylation sites is 2. The Morgan fingerprint density at radius 1 is 1.24 bits per heavy atom. The maximum absolute atomic E-state index is 13.5. The molecule has 1 N–H and O–H groups in total. The Labute approximate surface area is 184 Å². The van der Waals surface area contributed by atoms with Gasteiger partial charge in [-0.05, 0) is 45.6 Å². The molecule has 4 nitrogen and oxygen atoms in total. The zero-order valence-corrected chi connectivity index (χ0v) is 19.4. The van der Waals surface area contributed by atoms with E-state index in [1.54, 1.807) is 11.3 Å². The molecule has 0 radical (unpaired) electrons. The highest BCUT2D eigenvalue weighted by molar-refractivity contribution is 9.11. The van der Waals surface area contributed by atoms with Gasteiger partial charge < -0.3 is 10.2 Å². The van der Waals surface area contributed by atoms with Gasteiger partial charge in [-0.1, -0.05) is 45.9 Å². The van der Waals surface area contributed by atoms with Gasteiger partial charge in [0.15, 0.2) is 0 Å². The normalized spacial score (nSPS) is 23.0. The van der Waals surface area contributed by atoms with E-state index in [9.17, 15) is 9.59 Å². The molecule has 0 spiro atoms. The number of allylic oxidation sites excluding steroid dienone is 1. The zero-order chi connectivity index (χ0) is 20.9. The second kappa shape index (κ2) is 7.40. The third-order valence-corrected chi connectivity index (χ3v) is 7.21. The van der Waals surface area contributed by atoms with E-state index in [4.69, 9.17) is 0 Å². The quantitative estimate of drug-likeness (QED) is 0.568. The number of anilines is 2. The summed E-state index contributed by atoms with van der Waals surface area (Å²) in [5.74, 6) is -0.408. The molecule has 6 heteroatoms. The highest BCUT2D eigenvalue weighted by Gasteiger charge is 2.46. The molecule has 2 unspecified atom stereocenters. The molecule has 2 aromatic rings. The molecule has 1 aromatic heterocycles. The van der Waals surface area contributed by atoms with Crippen LogP contribution in [-0.2, 0) is 9.59 Å². The predicted octanol–water partition coefficient (Wildman–Crippen LogP) is 6.17. The monoisotopic (exact) mass is 472 g/mol. The number of amides is 1. The smallest absolute Gasteiger partial charge is 0.230 e. The van der Waals surface area contributed by atoms with Crippen molar-refractivity contribution in [3.05, 3.63) is 56.8 Å². The van der Waals surface area contributed by atoms with E-state index in [0.717, 1.165) is 25.7 Å². The molecule has 2 aliphatic rings. The van der Waals surface area contributed by atoms with Crippen molar-refractivity contribution < 1.29 is 9.59 Å². The number of carbonyl (C=O) groups excluding carboxylic acids is 2. The van der Waals surface area contributed by atoms with Crippen LogP contribution in [0, 0.1) is 17.3 Å². The summed E-state index contributed by atoms with van der Waals surface area (Å²) in [6.45, 7) is 7.99. The second-order valence-electron chi connectivity index (χ2n) is 8.80. The molecule has 29 heavy (non-hydrogen) atoms. The number of nitrogens with one attached hydrogen (secondary N) is 1. The van der Waals surface area contributed by atoms with Crippen LogP contribution in [0.3, 0.4) is 0 Å². The molecule has 4 rings (SSSR count). The summed E-state index contributed by atoms with van der Waals surface area (Å²) in [5, 5.41) is 3.52. The minimum Gasteiger partial charge on any atom is -0.357 e. The van der Waals surface area contributed by atoms with E-state index >= 15 is 0 Å². The number of hydrogen-bond acceptors (Lipinski definition) is 4. The van der Waals surface area contributed by atoms with Crippen LogP contribution in [0.15, 0.2) is 52.0 Å². The van der Waals surface area contributed by atoms with Crippen LogP contribution in [0.2, 0.25) is 0 Å². The number of nitrogens with zero attached hydrogens (tertiary/aromatic N) is 1. The summed E-state index contributed by atoms with van der Waals surface area (Å²) in [4.78, 5) is 29.8. The first-order chi connectivity index (χ1) is 13.7. The average Bonchev–Trinajstić information content (AvgIpc) is 2.99. The van der Waals surface area contributed by atoms with Crippen molar-refractivity contribution in [1.82, 2.24) is 0 Å².